The van der Waals surface area contributed by atoms with Gasteiger partial charge in [-0.05, 0) is 37.3 Å². The van der Waals surface area contributed by atoms with Gasteiger partial charge in [0.05, 0.1) is 17.5 Å². The summed E-state index contributed by atoms with van der Waals surface area (Å²) in [5.41, 5.74) is 1.85. The molecular formula is C16H15NO2. The average molecular weight is 253 g/mol. The van der Waals surface area contributed by atoms with E-state index in [0.29, 0.717) is 0 Å². The number of aryl methyl sites for hydroxylation is 1. The SMILES string of the molecule is Cc1ccc(N2C(=O)[C@@H]3C4C=CC(C4)[C@@H]3C2=O)cc1. The number of hydrogen-bond acceptors (Lipinski definition) is 2. The van der Waals surface area contributed by atoms with Gasteiger partial charge >= 0.3 is 0 Å². The molecule has 4 atom stereocenters. The molecule has 2 bridgehead atoms. The van der Waals surface area contributed by atoms with Gasteiger partial charge in [-0.2, -0.15) is 0 Å². The van der Waals surface area contributed by atoms with Crippen molar-refractivity contribution in [3.05, 3.63) is 42.0 Å². The highest BCUT2D eigenvalue weighted by atomic mass is 16.2. The van der Waals surface area contributed by atoms with E-state index in [-0.39, 0.29) is 35.5 Å². The highest BCUT2D eigenvalue weighted by Gasteiger charge is 2.59. The Bertz CT molecular complexity index is 572. The van der Waals surface area contributed by atoms with E-state index in [2.05, 4.69) is 12.2 Å². The standard InChI is InChI=1S/C16H15NO2/c1-9-2-6-12(7-3-9)17-15(18)13-10-4-5-11(8-10)14(13)16(17)19/h2-7,10-11,13-14H,8H2,1H3/t10?,11?,13-,14+. The predicted octanol–water partition coefficient (Wildman–Crippen LogP) is 2.31. The number of anilines is 1. The Labute approximate surface area is 111 Å². The lowest BCUT2D eigenvalue weighted by Crippen LogP contribution is -2.32. The van der Waals surface area contributed by atoms with Gasteiger partial charge in [0.15, 0.2) is 0 Å². The third-order valence-corrected chi connectivity index (χ3v) is 4.76. The first-order chi connectivity index (χ1) is 9.16. The van der Waals surface area contributed by atoms with Gasteiger partial charge in [0.1, 0.15) is 0 Å². The first-order valence-electron chi connectivity index (χ1n) is 6.79. The molecule has 3 heteroatoms. The molecule has 4 rings (SSSR count). The molecular weight excluding hydrogens is 238 g/mol. The van der Waals surface area contributed by atoms with Crippen LogP contribution >= 0.6 is 0 Å². The Morgan fingerprint density at radius 2 is 1.47 bits per heavy atom. The van der Waals surface area contributed by atoms with Crippen LogP contribution in [0.15, 0.2) is 36.4 Å². The van der Waals surface area contributed by atoms with E-state index in [0.717, 1.165) is 17.7 Å². The molecule has 1 aliphatic heterocycles. The lowest BCUT2D eigenvalue weighted by Gasteiger charge is -2.17. The molecule has 2 fully saturated rings. The minimum absolute atomic E-state index is 0.00398. The number of carbonyl (C=O) groups excluding carboxylic acids is 2. The molecule has 1 aromatic rings. The van der Waals surface area contributed by atoms with Crippen LogP contribution in [0.2, 0.25) is 0 Å². The van der Waals surface area contributed by atoms with E-state index < -0.39 is 0 Å². The Morgan fingerprint density at radius 1 is 0.947 bits per heavy atom. The second kappa shape index (κ2) is 3.56. The monoisotopic (exact) mass is 253 g/mol. The number of benzene rings is 1. The Morgan fingerprint density at radius 3 is 2.00 bits per heavy atom. The molecule has 1 saturated carbocycles. The lowest BCUT2D eigenvalue weighted by molar-refractivity contribution is -0.123. The van der Waals surface area contributed by atoms with Crippen LogP contribution in [0, 0.1) is 30.6 Å². The summed E-state index contributed by atoms with van der Waals surface area (Å²) in [6.07, 6.45) is 5.22. The zero-order valence-electron chi connectivity index (χ0n) is 10.7. The fourth-order valence-electron chi connectivity index (χ4n) is 3.85. The molecule has 2 unspecified atom stereocenters. The zero-order chi connectivity index (χ0) is 13.1. The minimum Gasteiger partial charge on any atom is -0.274 e. The number of hydrogen-bond donors (Lipinski definition) is 0. The van der Waals surface area contributed by atoms with Crippen molar-refractivity contribution in [1.82, 2.24) is 0 Å². The molecule has 0 N–H and O–H groups in total. The molecule has 96 valence electrons. The fourth-order valence-corrected chi connectivity index (χ4v) is 3.85. The van der Waals surface area contributed by atoms with Gasteiger partial charge < -0.3 is 0 Å². The van der Waals surface area contributed by atoms with E-state index in [1.807, 2.05) is 31.2 Å². The summed E-state index contributed by atoms with van der Waals surface area (Å²) in [5.74, 6) is 0.336. The van der Waals surface area contributed by atoms with Crippen molar-refractivity contribution in [2.45, 2.75) is 13.3 Å². The second-order valence-electron chi connectivity index (χ2n) is 5.85. The van der Waals surface area contributed by atoms with Crippen LogP contribution in [0.1, 0.15) is 12.0 Å². The van der Waals surface area contributed by atoms with Crippen LogP contribution in [-0.2, 0) is 9.59 Å². The fraction of sp³-hybridized carbons (Fsp3) is 0.375. The highest BCUT2D eigenvalue weighted by Crippen LogP contribution is 2.53. The van der Waals surface area contributed by atoms with Gasteiger partial charge in [0.25, 0.3) is 0 Å². The molecule has 19 heavy (non-hydrogen) atoms. The van der Waals surface area contributed by atoms with Gasteiger partial charge in [-0.3, -0.25) is 14.5 Å². The van der Waals surface area contributed by atoms with Gasteiger partial charge in [0.2, 0.25) is 11.8 Å². The molecule has 0 aromatic heterocycles. The van der Waals surface area contributed by atoms with Crippen molar-refractivity contribution in [2.75, 3.05) is 4.90 Å². The smallest absolute Gasteiger partial charge is 0.238 e. The normalized spacial score (nSPS) is 35.3. The Kier molecular flexibility index (Phi) is 2.06. The van der Waals surface area contributed by atoms with Gasteiger partial charge in [-0.15, -0.1) is 0 Å². The summed E-state index contributed by atoms with van der Waals surface area (Å²) in [7, 11) is 0. The van der Waals surface area contributed by atoms with E-state index in [1.54, 1.807) is 0 Å². The molecule has 1 saturated heterocycles. The third-order valence-electron chi connectivity index (χ3n) is 4.76. The summed E-state index contributed by atoms with van der Waals surface area (Å²) < 4.78 is 0. The summed E-state index contributed by atoms with van der Waals surface area (Å²) in [6.45, 7) is 2.00. The molecule has 1 heterocycles. The first kappa shape index (κ1) is 11.0. The van der Waals surface area contributed by atoms with Crippen molar-refractivity contribution < 1.29 is 9.59 Å². The summed E-state index contributed by atoms with van der Waals surface area (Å²) in [6, 6.07) is 7.61. The molecule has 2 aliphatic carbocycles. The van der Waals surface area contributed by atoms with Gasteiger partial charge in [-0.1, -0.05) is 29.8 Å². The van der Waals surface area contributed by atoms with Crippen LogP contribution < -0.4 is 4.90 Å². The number of rotatable bonds is 1. The van der Waals surface area contributed by atoms with Crippen molar-refractivity contribution in [3.63, 3.8) is 0 Å². The highest BCUT2D eigenvalue weighted by molar-refractivity contribution is 6.22. The van der Waals surface area contributed by atoms with Crippen LogP contribution in [0.3, 0.4) is 0 Å². The van der Waals surface area contributed by atoms with Crippen LogP contribution in [0.4, 0.5) is 5.69 Å². The first-order valence-corrected chi connectivity index (χ1v) is 6.79. The van der Waals surface area contributed by atoms with E-state index in [9.17, 15) is 9.59 Å². The van der Waals surface area contributed by atoms with E-state index in [4.69, 9.17) is 0 Å². The van der Waals surface area contributed by atoms with Crippen LogP contribution in [-0.4, -0.2) is 11.8 Å². The van der Waals surface area contributed by atoms with Gasteiger partial charge in [-0.25, -0.2) is 0 Å². The van der Waals surface area contributed by atoms with Crippen molar-refractivity contribution in [1.29, 1.82) is 0 Å². The largest absolute Gasteiger partial charge is 0.274 e. The molecule has 0 spiro atoms. The number of allylic oxidation sites excluding steroid dienone is 2. The maximum absolute atomic E-state index is 12.5. The molecule has 1 aromatic carbocycles. The Hall–Kier alpha value is -1.90. The average Bonchev–Trinajstić information content (AvgIpc) is 3.06. The van der Waals surface area contributed by atoms with Crippen molar-refractivity contribution in [2.24, 2.45) is 23.7 Å². The molecule has 2 amide bonds. The maximum atomic E-state index is 12.5. The topological polar surface area (TPSA) is 37.4 Å². The predicted molar refractivity (Wildman–Crippen MR) is 71.4 cm³/mol. The summed E-state index contributed by atoms with van der Waals surface area (Å²) in [5, 5.41) is 0. The lowest BCUT2D eigenvalue weighted by atomic mass is 9.85. The number of imide groups is 1. The van der Waals surface area contributed by atoms with Gasteiger partial charge in [0, 0.05) is 0 Å². The molecule has 0 radical (unpaired) electrons. The number of carbonyl (C=O) groups is 2. The van der Waals surface area contributed by atoms with Crippen LogP contribution in [0.25, 0.3) is 0 Å². The van der Waals surface area contributed by atoms with E-state index >= 15 is 0 Å². The third kappa shape index (κ3) is 1.33. The maximum Gasteiger partial charge on any atom is 0.238 e. The van der Waals surface area contributed by atoms with E-state index in [1.165, 1.54) is 4.90 Å². The van der Waals surface area contributed by atoms with Crippen molar-refractivity contribution >= 4 is 17.5 Å². The number of amides is 2. The zero-order valence-corrected chi connectivity index (χ0v) is 10.7. The summed E-state index contributed by atoms with van der Waals surface area (Å²) >= 11 is 0. The number of fused-ring (bicyclic) bond motifs is 5. The molecule has 3 aliphatic rings. The van der Waals surface area contributed by atoms with Crippen molar-refractivity contribution in [3.8, 4) is 0 Å². The summed E-state index contributed by atoms with van der Waals surface area (Å²) in [4.78, 5) is 26.5. The van der Waals surface area contributed by atoms with Crippen LogP contribution in [0.5, 0.6) is 0 Å². The second-order valence-corrected chi connectivity index (χ2v) is 5.85. The number of nitrogens with zero attached hydrogens (tertiary/aromatic N) is 1. The minimum atomic E-state index is -0.108. The molecule has 3 nitrogen and oxygen atoms in total. The Balaban J connectivity index is 1.74. The quantitative estimate of drug-likeness (QED) is 0.569.